The van der Waals surface area contributed by atoms with Gasteiger partial charge in [-0.15, -0.1) is 0 Å². The van der Waals surface area contributed by atoms with Crippen molar-refractivity contribution in [2.45, 2.75) is 89.6 Å². The Morgan fingerprint density at radius 3 is 1.20 bits per heavy atom. The van der Waals surface area contributed by atoms with E-state index >= 15 is 0 Å². The first kappa shape index (κ1) is 21.1. The zero-order valence-corrected chi connectivity index (χ0v) is 16.9. The Morgan fingerprint density at radius 2 is 0.920 bits per heavy atom. The highest BCUT2D eigenvalue weighted by atomic mass is 16.7. The lowest BCUT2D eigenvalue weighted by Gasteiger charge is -2.47. The molecule has 2 aliphatic rings. The highest BCUT2D eigenvalue weighted by molar-refractivity contribution is 4.92. The fourth-order valence-corrected chi connectivity index (χ4v) is 5.57. The van der Waals surface area contributed by atoms with Crippen LogP contribution < -0.4 is 0 Å². The van der Waals surface area contributed by atoms with Crippen molar-refractivity contribution >= 4 is 0 Å². The van der Waals surface area contributed by atoms with Gasteiger partial charge in [0.15, 0.2) is 12.6 Å². The highest BCUT2D eigenvalue weighted by Crippen LogP contribution is 2.48. The van der Waals surface area contributed by atoms with E-state index in [2.05, 4.69) is 0 Å². The van der Waals surface area contributed by atoms with Crippen molar-refractivity contribution in [2.75, 3.05) is 28.4 Å². The van der Waals surface area contributed by atoms with Crippen LogP contribution in [0, 0.1) is 17.3 Å². The van der Waals surface area contributed by atoms with Crippen molar-refractivity contribution in [3.63, 3.8) is 0 Å². The van der Waals surface area contributed by atoms with E-state index in [1.165, 1.54) is 64.2 Å². The summed E-state index contributed by atoms with van der Waals surface area (Å²) in [7, 11) is 7.03. The molecule has 2 aliphatic carbocycles. The summed E-state index contributed by atoms with van der Waals surface area (Å²) in [5, 5.41) is 0. The second-order valence-electron chi connectivity index (χ2n) is 8.26. The number of hydrogen-bond acceptors (Lipinski definition) is 4. The molecule has 4 heteroatoms. The topological polar surface area (TPSA) is 36.9 Å². The van der Waals surface area contributed by atoms with Crippen LogP contribution in [-0.2, 0) is 18.9 Å². The first-order chi connectivity index (χ1) is 12.2. The summed E-state index contributed by atoms with van der Waals surface area (Å²) in [4.78, 5) is 0. The zero-order valence-electron chi connectivity index (χ0n) is 16.9. The molecular formula is C21H40O4. The molecule has 0 atom stereocenters. The lowest BCUT2D eigenvalue weighted by molar-refractivity contribution is -0.284. The Hall–Kier alpha value is -0.160. The first-order valence-corrected chi connectivity index (χ1v) is 10.3. The van der Waals surface area contributed by atoms with Crippen molar-refractivity contribution in [3.05, 3.63) is 0 Å². The number of hydrogen-bond donors (Lipinski definition) is 0. The second-order valence-corrected chi connectivity index (χ2v) is 8.26. The molecule has 2 saturated carbocycles. The minimum atomic E-state index is -0.291. The van der Waals surface area contributed by atoms with E-state index in [-0.39, 0.29) is 18.0 Å². The maximum absolute atomic E-state index is 5.85. The molecule has 0 aliphatic heterocycles. The second kappa shape index (κ2) is 10.9. The van der Waals surface area contributed by atoms with E-state index in [4.69, 9.17) is 18.9 Å². The predicted octanol–water partition coefficient (Wildman–Crippen LogP) is 5.15. The van der Waals surface area contributed by atoms with E-state index in [9.17, 15) is 0 Å². The minimum absolute atomic E-state index is 0.239. The van der Waals surface area contributed by atoms with Gasteiger partial charge in [-0.05, 0) is 24.7 Å². The minimum Gasteiger partial charge on any atom is -0.355 e. The van der Waals surface area contributed by atoms with Gasteiger partial charge < -0.3 is 18.9 Å². The molecule has 0 aromatic carbocycles. The monoisotopic (exact) mass is 356 g/mol. The molecule has 0 aromatic heterocycles. The van der Waals surface area contributed by atoms with Crippen LogP contribution in [0.1, 0.15) is 77.0 Å². The van der Waals surface area contributed by atoms with Crippen LogP contribution in [0.15, 0.2) is 0 Å². The Labute approximate surface area is 154 Å². The summed E-state index contributed by atoms with van der Waals surface area (Å²) in [5.74, 6) is 1.44. The summed E-state index contributed by atoms with van der Waals surface area (Å²) in [6.07, 6.45) is 15.0. The summed E-state index contributed by atoms with van der Waals surface area (Å²) < 4.78 is 23.4. The van der Waals surface area contributed by atoms with Gasteiger partial charge in [-0.2, -0.15) is 0 Å². The third kappa shape index (κ3) is 5.41. The molecule has 0 saturated heterocycles. The number of methoxy groups -OCH3 is 4. The molecule has 148 valence electrons. The Morgan fingerprint density at radius 1 is 0.600 bits per heavy atom. The van der Waals surface area contributed by atoms with E-state index in [0.717, 1.165) is 24.7 Å². The SMILES string of the molecule is COC(OC)C(CC1CCCCC1)(CC1CCCCC1)C(OC)OC. The van der Waals surface area contributed by atoms with Crippen LogP contribution in [0.5, 0.6) is 0 Å². The van der Waals surface area contributed by atoms with E-state index in [0.29, 0.717) is 0 Å². The quantitative estimate of drug-likeness (QED) is 0.507. The molecule has 0 aromatic rings. The Balaban J connectivity index is 2.27. The van der Waals surface area contributed by atoms with Crippen molar-refractivity contribution in [2.24, 2.45) is 17.3 Å². The number of rotatable bonds is 10. The van der Waals surface area contributed by atoms with Gasteiger partial charge in [0.05, 0.1) is 5.41 Å². The molecule has 0 amide bonds. The maximum atomic E-state index is 5.85. The van der Waals surface area contributed by atoms with E-state index in [1.807, 2.05) is 0 Å². The van der Waals surface area contributed by atoms with Gasteiger partial charge in [-0.25, -0.2) is 0 Å². The van der Waals surface area contributed by atoms with Gasteiger partial charge in [-0.1, -0.05) is 64.2 Å². The van der Waals surface area contributed by atoms with Gasteiger partial charge in [0.1, 0.15) is 0 Å². The first-order valence-electron chi connectivity index (χ1n) is 10.3. The van der Waals surface area contributed by atoms with Crippen molar-refractivity contribution in [1.29, 1.82) is 0 Å². The maximum Gasteiger partial charge on any atom is 0.167 e. The van der Waals surface area contributed by atoms with Crippen molar-refractivity contribution in [3.8, 4) is 0 Å². The summed E-state index contributed by atoms with van der Waals surface area (Å²) >= 11 is 0. The standard InChI is InChI=1S/C21H40O4/c1-22-19(23-2)21(20(24-3)25-4,15-17-11-7-5-8-12-17)16-18-13-9-6-10-14-18/h17-20H,5-16H2,1-4H3. The van der Waals surface area contributed by atoms with Crippen LogP contribution in [0.2, 0.25) is 0 Å². The normalized spacial score (nSPS) is 21.4. The summed E-state index contributed by atoms with van der Waals surface area (Å²) in [6, 6.07) is 0. The molecule has 2 fully saturated rings. The summed E-state index contributed by atoms with van der Waals surface area (Å²) in [5.41, 5.74) is -0.239. The molecule has 25 heavy (non-hydrogen) atoms. The van der Waals surface area contributed by atoms with Crippen LogP contribution in [0.3, 0.4) is 0 Å². The van der Waals surface area contributed by atoms with Crippen molar-refractivity contribution < 1.29 is 18.9 Å². The van der Waals surface area contributed by atoms with Crippen LogP contribution in [-0.4, -0.2) is 41.0 Å². The van der Waals surface area contributed by atoms with Gasteiger partial charge in [-0.3, -0.25) is 0 Å². The molecule has 4 nitrogen and oxygen atoms in total. The highest BCUT2D eigenvalue weighted by Gasteiger charge is 2.50. The molecular weight excluding hydrogens is 316 g/mol. The van der Waals surface area contributed by atoms with E-state index in [1.54, 1.807) is 28.4 Å². The number of ether oxygens (including phenoxy) is 4. The third-order valence-corrected chi connectivity index (χ3v) is 6.58. The molecule has 0 radical (unpaired) electrons. The fraction of sp³-hybridized carbons (Fsp3) is 1.00. The van der Waals surface area contributed by atoms with Gasteiger partial charge in [0.25, 0.3) is 0 Å². The van der Waals surface area contributed by atoms with Gasteiger partial charge >= 0.3 is 0 Å². The van der Waals surface area contributed by atoms with Crippen LogP contribution >= 0.6 is 0 Å². The lowest BCUT2D eigenvalue weighted by Crippen LogP contribution is -2.51. The van der Waals surface area contributed by atoms with Gasteiger partial charge in [0.2, 0.25) is 0 Å². The zero-order chi connectivity index (χ0) is 18.1. The lowest BCUT2D eigenvalue weighted by atomic mass is 9.67. The predicted molar refractivity (Wildman–Crippen MR) is 100 cm³/mol. The average molecular weight is 357 g/mol. The average Bonchev–Trinajstić information content (AvgIpc) is 2.65. The third-order valence-electron chi connectivity index (χ3n) is 6.58. The van der Waals surface area contributed by atoms with Gasteiger partial charge in [0, 0.05) is 28.4 Å². The van der Waals surface area contributed by atoms with Crippen LogP contribution in [0.25, 0.3) is 0 Å². The summed E-state index contributed by atoms with van der Waals surface area (Å²) in [6.45, 7) is 0. The smallest absolute Gasteiger partial charge is 0.167 e. The molecule has 0 unspecified atom stereocenters. The molecule has 0 N–H and O–H groups in total. The fourth-order valence-electron chi connectivity index (χ4n) is 5.57. The molecule has 0 bridgehead atoms. The van der Waals surface area contributed by atoms with Crippen molar-refractivity contribution in [1.82, 2.24) is 0 Å². The van der Waals surface area contributed by atoms with E-state index < -0.39 is 0 Å². The van der Waals surface area contributed by atoms with Crippen LogP contribution in [0.4, 0.5) is 0 Å². The molecule has 0 heterocycles. The Bertz CT molecular complexity index is 306. The molecule has 2 rings (SSSR count). The largest absolute Gasteiger partial charge is 0.355 e. The Kier molecular flexibility index (Phi) is 9.18. The molecule has 0 spiro atoms.